The third-order valence-electron chi connectivity index (χ3n) is 2.53. The van der Waals surface area contributed by atoms with Gasteiger partial charge in [-0.25, -0.2) is 9.78 Å². The third-order valence-corrected chi connectivity index (χ3v) is 3.60. The minimum atomic E-state index is -4.42. The summed E-state index contributed by atoms with van der Waals surface area (Å²) in [5.41, 5.74) is -0.406. The maximum absolute atomic E-state index is 12.5. The van der Waals surface area contributed by atoms with E-state index in [1.807, 2.05) is 0 Å². The quantitative estimate of drug-likeness (QED) is 0.877. The van der Waals surface area contributed by atoms with Crippen molar-refractivity contribution in [3.63, 3.8) is 0 Å². The van der Waals surface area contributed by atoms with Gasteiger partial charge < -0.3 is 9.84 Å². The lowest BCUT2D eigenvalue weighted by molar-refractivity contribution is -0.137. The Balaban J connectivity index is 2.31. The molecule has 0 spiro atoms. The van der Waals surface area contributed by atoms with Crippen LogP contribution in [-0.4, -0.2) is 22.7 Å². The second-order valence-corrected chi connectivity index (χ2v) is 4.97. The van der Waals surface area contributed by atoms with Gasteiger partial charge in [-0.15, -0.1) is 11.3 Å². The molecule has 2 rings (SSSR count). The summed E-state index contributed by atoms with van der Waals surface area (Å²) in [6.07, 6.45) is -4.42. The summed E-state index contributed by atoms with van der Waals surface area (Å²) in [5, 5.41) is 9.83. The molecule has 0 aliphatic heterocycles. The Labute approximate surface area is 121 Å². The van der Waals surface area contributed by atoms with E-state index < -0.39 is 23.6 Å². The van der Waals surface area contributed by atoms with E-state index in [1.54, 1.807) is 6.92 Å². The van der Waals surface area contributed by atoms with Crippen LogP contribution in [0.5, 0.6) is 5.88 Å². The zero-order valence-electron chi connectivity index (χ0n) is 10.8. The first-order chi connectivity index (χ1) is 9.82. The number of thiazole rings is 1. The van der Waals surface area contributed by atoms with Crippen LogP contribution in [0.25, 0.3) is 10.6 Å². The molecule has 8 heteroatoms. The molecule has 0 fully saturated rings. The number of aromatic nitrogens is 1. The van der Waals surface area contributed by atoms with E-state index in [-0.39, 0.29) is 16.5 Å². The Morgan fingerprint density at radius 2 is 1.95 bits per heavy atom. The summed E-state index contributed by atoms with van der Waals surface area (Å²) in [5.74, 6) is -1.21. The van der Waals surface area contributed by atoms with Crippen LogP contribution in [0.4, 0.5) is 13.2 Å². The molecule has 1 aromatic carbocycles. The number of halogens is 3. The molecule has 0 radical (unpaired) electrons. The molecule has 4 nitrogen and oxygen atoms in total. The predicted octanol–water partition coefficient (Wildman–Crippen LogP) is 3.71. The number of benzene rings is 1. The van der Waals surface area contributed by atoms with E-state index >= 15 is 0 Å². The summed E-state index contributed by atoms with van der Waals surface area (Å²) in [4.78, 5) is 15.2. The SMILES string of the molecule is CCOC(=O)c1sc(-c2ccc(C(F)(F)F)cc2)nc1O. The van der Waals surface area contributed by atoms with Crippen LogP contribution in [0.15, 0.2) is 24.3 Å². The lowest BCUT2D eigenvalue weighted by Gasteiger charge is -2.06. The maximum atomic E-state index is 12.5. The summed E-state index contributed by atoms with van der Waals surface area (Å²) < 4.78 is 42.1. The molecule has 1 aromatic heterocycles. The molecule has 0 unspecified atom stereocenters. The molecule has 0 bridgehead atoms. The summed E-state index contributed by atoms with van der Waals surface area (Å²) in [6.45, 7) is 1.76. The van der Waals surface area contributed by atoms with Crippen molar-refractivity contribution in [2.24, 2.45) is 0 Å². The van der Waals surface area contributed by atoms with E-state index in [2.05, 4.69) is 4.98 Å². The van der Waals surface area contributed by atoms with Gasteiger partial charge in [-0.05, 0) is 19.1 Å². The molecule has 0 aliphatic carbocycles. The van der Waals surface area contributed by atoms with Crippen molar-refractivity contribution in [2.75, 3.05) is 6.61 Å². The van der Waals surface area contributed by atoms with Crippen LogP contribution in [0.3, 0.4) is 0 Å². The second-order valence-electron chi connectivity index (χ2n) is 3.97. The molecule has 0 amide bonds. The number of nitrogens with zero attached hydrogens (tertiary/aromatic N) is 1. The zero-order chi connectivity index (χ0) is 15.6. The number of ether oxygens (including phenoxy) is 1. The molecule has 0 saturated carbocycles. The molecule has 112 valence electrons. The van der Waals surface area contributed by atoms with Gasteiger partial charge in [0.15, 0.2) is 4.88 Å². The van der Waals surface area contributed by atoms with Crippen LogP contribution in [0, 0.1) is 0 Å². The van der Waals surface area contributed by atoms with Crippen molar-refractivity contribution in [2.45, 2.75) is 13.1 Å². The van der Waals surface area contributed by atoms with Gasteiger partial charge in [0.25, 0.3) is 0 Å². The van der Waals surface area contributed by atoms with Crippen LogP contribution in [0.1, 0.15) is 22.2 Å². The molecule has 1 N–H and O–H groups in total. The number of esters is 1. The van der Waals surface area contributed by atoms with Crippen molar-refractivity contribution in [1.29, 1.82) is 0 Å². The molecular weight excluding hydrogens is 307 g/mol. The van der Waals surface area contributed by atoms with E-state index in [9.17, 15) is 23.1 Å². The molecule has 1 heterocycles. The number of hydrogen-bond donors (Lipinski definition) is 1. The van der Waals surface area contributed by atoms with Crippen molar-refractivity contribution < 1.29 is 27.8 Å². The lowest BCUT2D eigenvalue weighted by Crippen LogP contribution is -2.03. The number of aromatic hydroxyl groups is 1. The number of rotatable bonds is 3. The van der Waals surface area contributed by atoms with Crippen LogP contribution in [0.2, 0.25) is 0 Å². The van der Waals surface area contributed by atoms with E-state index in [4.69, 9.17) is 4.74 Å². The summed E-state index contributed by atoms with van der Waals surface area (Å²) in [6, 6.07) is 4.29. The standard InChI is InChI=1S/C13H10F3NO3S/c1-2-20-12(19)9-10(18)17-11(21-9)7-3-5-8(6-4-7)13(14,15)16/h3-6,18H,2H2,1H3. The van der Waals surface area contributed by atoms with Crippen molar-refractivity contribution >= 4 is 17.3 Å². The molecule has 0 aliphatic rings. The van der Waals surface area contributed by atoms with Crippen molar-refractivity contribution in [1.82, 2.24) is 4.98 Å². The van der Waals surface area contributed by atoms with E-state index in [1.165, 1.54) is 12.1 Å². The normalized spacial score (nSPS) is 11.4. The monoisotopic (exact) mass is 317 g/mol. The van der Waals surface area contributed by atoms with Crippen molar-refractivity contribution in [3.05, 3.63) is 34.7 Å². The van der Waals surface area contributed by atoms with Gasteiger partial charge in [0.05, 0.1) is 12.2 Å². The Morgan fingerprint density at radius 1 is 1.33 bits per heavy atom. The Bertz CT molecular complexity index is 650. The highest BCUT2D eigenvalue weighted by Crippen LogP contribution is 2.34. The smallest absolute Gasteiger partial charge is 0.416 e. The first-order valence-electron chi connectivity index (χ1n) is 5.87. The molecular formula is C13H10F3NO3S. The fourth-order valence-corrected chi connectivity index (χ4v) is 2.43. The molecule has 21 heavy (non-hydrogen) atoms. The van der Waals surface area contributed by atoms with Gasteiger partial charge in [-0.3, -0.25) is 0 Å². The van der Waals surface area contributed by atoms with Gasteiger partial charge in [-0.2, -0.15) is 13.2 Å². The first kappa shape index (κ1) is 15.3. The predicted molar refractivity (Wildman–Crippen MR) is 70.2 cm³/mol. The highest BCUT2D eigenvalue weighted by atomic mass is 32.1. The number of carbonyl (C=O) groups is 1. The maximum Gasteiger partial charge on any atom is 0.416 e. The van der Waals surface area contributed by atoms with E-state index in [0.29, 0.717) is 5.56 Å². The fourth-order valence-electron chi connectivity index (χ4n) is 1.57. The topological polar surface area (TPSA) is 59.4 Å². The van der Waals surface area contributed by atoms with Gasteiger partial charge in [-0.1, -0.05) is 12.1 Å². The van der Waals surface area contributed by atoms with Gasteiger partial charge >= 0.3 is 12.1 Å². The molecule has 0 atom stereocenters. The van der Waals surface area contributed by atoms with Gasteiger partial charge in [0.1, 0.15) is 5.01 Å². The average molecular weight is 317 g/mol. The molecule has 0 saturated heterocycles. The third kappa shape index (κ3) is 3.33. The highest BCUT2D eigenvalue weighted by Gasteiger charge is 2.30. The number of hydrogen-bond acceptors (Lipinski definition) is 5. The number of alkyl halides is 3. The Morgan fingerprint density at radius 3 is 2.48 bits per heavy atom. The number of carbonyl (C=O) groups excluding carboxylic acids is 1. The lowest BCUT2D eigenvalue weighted by atomic mass is 10.1. The second kappa shape index (κ2) is 5.72. The van der Waals surface area contributed by atoms with Crippen LogP contribution in [-0.2, 0) is 10.9 Å². The zero-order valence-corrected chi connectivity index (χ0v) is 11.6. The largest absolute Gasteiger partial charge is 0.492 e. The van der Waals surface area contributed by atoms with Crippen molar-refractivity contribution in [3.8, 4) is 16.5 Å². The summed E-state index contributed by atoms with van der Waals surface area (Å²) in [7, 11) is 0. The average Bonchev–Trinajstić information content (AvgIpc) is 2.80. The van der Waals surface area contributed by atoms with E-state index in [0.717, 1.165) is 23.5 Å². The fraction of sp³-hybridized carbons (Fsp3) is 0.231. The minimum absolute atomic E-state index is 0.0771. The van der Waals surface area contributed by atoms with Gasteiger partial charge in [0.2, 0.25) is 5.88 Å². The van der Waals surface area contributed by atoms with Crippen LogP contribution >= 0.6 is 11.3 Å². The summed E-state index contributed by atoms with van der Waals surface area (Å²) >= 11 is 0.857. The van der Waals surface area contributed by atoms with Gasteiger partial charge in [0, 0.05) is 5.56 Å². The Hall–Kier alpha value is -2.09. The highest BCUT2D eigenvalue weighted by molar-refractivity contribution is 7.17. The van der Waals surface area contributed by atoms with Crippen LogP contribution < -0.4 is 0 Å². The first-order valence-corrected chi connectivity index (χ1v) is 6.69. The minimum Gasteiger partial charge on any atom is -0.492 e. The molecule has 2 aromatic rings. The Kier molecular flexibility index (Phi) is 4.17.